The fourth-order valence-electron chi connectivity index (χ4n) is 4.45. The molecular weight excluding hydrogens is 468 g/mol. The Morgan fingerprint density at radius 2 is 1.69 bits per heavy atom. The molecule has 35 heavy (non-hydrogen) atoms. The largest absolute Gasteiger partial charge is 0.378 e. The van der Waals surface area contributed by atoms with Crippen molar-refractivity contribution in [2.45, 2.75) is 4.90 Å². The average Bonchev–Trinajstić information content (AvgIpc) is 3.08. The highest BCUT2D eigenvalue weighted by Crippen LogP contribution is 2.41. The SMILES string of the molecule is CN(CC(=O)Nc1ccc(N2CCOCC2)cc1)C(=O)CN1c2cccc3cccc(c23)S1(=O)=O. The first-order chi connectivity index (χ1) is 16.8. The Labute approximate surface area is 203 Å². The van der Waals surface area contributed by atoms with Crippen LogP contribution in [0.15, 0.2) is 65.6 Å². The van der Waals surface area contributed by atoms with E-state index in [9.17, 15) is 18.0 Å². The lowest BCUT2D eigenvalue weighted by atomic mass is 10.1. The quantitative estimate of drug-likeness (QED) is 0.565. The van der Waals surface area contributed by atoms with Crippen LogP contribution in [0.25, 0.3) is 10.8 Å². The van der Waals surface area contributed by atoms with Crippen LogP contribution in [0.1, 0.15) is 0 Å². The molecule has 10 heteroatoms. The second-order valence-electron chi connectivity index (χ2n) is 8.59. The molecule has 1 N–H and O–H groups in total. The van der Waals surface area contributed by atoms with Crippen molar-refractivity contribution in [3.63, 3.8) is 0 Å². The van der Waals surface area contributed by atoms with Gasteiger partial charge in [0.05, 0.1) is 30.3 Å². The van der Waals surface area contributed by atoms with Gasteiger partial charge in [0.1, 0.15) is 6.54 Å². The average molecular weight is 495 g/mol. The van der Waals surface area contributed by atoms with Gasteiger partial charge < -0.3 is 19.9 Å². The highest BCUT2D eigenvalue weighted by atomic mass is 32.2. The maximum Gasteiger partial charge on any atom is 0.265 e. The molecular formula is C25H26N4O5S. The minimum Gasteiger partial charge on any atom is -0.378 e. The summed E-state index contributed by atoms with van der Waals surface area (Å²) >= 11 is 0. The molecule has 1 fully saturated rings. The van der Waals surface area contributed by atoms with Gasteiger partial charge in [-0.05, 0) is 41.8 Å². The van der Waals surface area contributed by atoms with Gasteiger partial charge in [0.2, 0.25) is 11.8 Å². The van der Waals surface area contributed by atoms with E-state index in [1.165, 1.54) is 11.9 Å². The predicted octanol–water partition coefficient (Wildman–Crippen LogP) is 2.28. The van der Waals surface area contributed by atoms with Crippen molar-refractivity contribution in [1.82, 2.24) is 4.90 Å². The molecule has 182 valence electrons. The molecule has 0 radical (unpaired) electrons. The maximum atomic E-state index is 13.1. The first kappa shape index (κ1) is 23.1. The monoisotopic (exact) mass is 494 g/mol. The van der Waals surface area contributed by atoms with Crippen LogP contribution in [0.3, 0.4) is 0 Å². The summed E-state index contributed by atoms with van der Waals surface area (Å²) in [7, 11) is -2.36. The lowest BCUT2D eigenvalue weighted by molar-refractivity contribution is -0.131. The van der Waals surface area contributed by atoms with Gasteiger partial charge in [0.15, 0.2) is 0 Å². The zero-order valence-electron chi connectivity index (χ0n) is 19.3. The summed E-state index contributed by atoms with van der Waals surface area (Å²) in [6, 6.07) is 17.9. The third kappa shape index (κ3) is 4.42. The fourth-order valence-corrected chi connectivity index (χ4v) is 6.11. The van der Waals surface area contributed by atoms with Gasteiger partial charge in [0.25, 0.3) is 10.0 Å². The van der Waals surface area contributed by atoms with Gasteiger partial charge in [0, 0.05) is 36.9 Å². The van der Waals surface area contributed by atoms with Gasteiger partial charge >= 0.3 is 0 Å². The van der Waals surface area contributed by atoms with E-state index in [0.717, 1.165) is 28.5 Å². The van der Waals surface area contributed by atoms with E-state index in [1.807, 2.05) is 36.4 Å². The highest BCUT2D eigenvalue weighted by Gasteiger charge is 2.37. The predicted molar refractivity (Wildman–Crippen MR) is 134 cm³/mol. The molecule has 3 aromatic carbocycles. The number of hydrogen-bond acceptors (Lipinski definition) is 6. The van der Waals surface area contributed by atoms with Crippen LogP contribution in [-0.2, 0) is 24.3 Å². The minimum absolute atomic E-state index is 0.194. The summed E-state index contributed by atoms with van der Waals surface area (Å²) in [5, 5.41) is 4.20. The molecule has 1 saturated heterocycles. The summed E-state index contributed by atoms with van der Waals surface area (Å²) in [5.74, 6) is -0.842. The molecule has 2 aliphatic rings. The third-order valence-electron chi connectivity index (χ3n) is 6.29. The van der Waals surface area contributed by atoms with E-state index < -0.39 is 15.9 Å². The number of likely N-dealkylation sites (N-methyl/N-ethyl adjacent to an activating group) is 1. The molecule has 3 aromatic rings. The van der Waals surface area contributed by atoms with Gasteiger partial charge in [-0.25, -0.2) is 8.42 Å². The maximum absolute atomic E-state index is 13.1. The second-order valence-corrected chi connectivity index (χ2v) is 10.4. The van der Waals surface area contributed by atoms with Gasteiger partial charge in [-0.15, -0.1) is 0 Å². The number of hydrogen-bond donors (Lipinski definition) is 1. The normalized spacial score (nSPS) is 16.4. The van der Waals surface area contributed by atoms with E-state index in [-0.39, 0.29) is 23.9 Å². The Morgan fingerprint density at radius 3 is 2.40 bits per heavy atom. The van der Waals surface area contributed by atoms with Crippen molar-refractivity contribution in [2.75, 3.05) is 61.0 Å². The van der Waals surface area contributed by atoms with E-state index >= 15 is 0 Å². The van der Waals surface area contributed by atoms with Crippen LogP contribution >= 0.6 is 0 Å². The number of rotatable bonds is 6. The Kier molecular flexibility index (Phi) is 6.08. The molecule has 0 spiro atoms. The van der Waals surface area contributed by atoms with Gasteiger partial charge in [-0.3, -0.25) is 13.9 Å². The first-order valence-corrected chi connectivity index (χ1v) is 12.8. The van der Waals surface area contributed by atoms with Crippen LogP contribution in [0, 0.1) is 0 Å². The fraction of sp³-hybridized carbons (Fsp3) is 0.280. The first-order valence-electron chi connectivity index (χ1n) is 11.4. The van der Waals surface area contributed by atoms with Gasteiger partial charge in [-0.2, -0.15) is 0 Å². The summed E-state index contributed by atoms with van der Waals surface area (Å²) < 4.78 is 32.7. The molecule has 2 amide bonds. The van der Waals surface area contributed by atoms with Crippen molar-refractivity contribution in [3.05, 3.63) is 60.7 Å². The molecule has 2 aliphatic heterocycles. The number of carbonyl (C=O) groups is 2. The third-order valence-corrected chi connectivity index (χ3v) is 8.10. The molecule has 2 heterocycles. The Morgan fingerprint density at radius 1 is 1.00 bits per heavy atom. The summed E-state index contributed by atoms with van der Waals surface area (Å²) in [6.07, 6.45) is 0. The smallest absolute Gasteiger partial charge is 0.265 e. The topological polar surface area (TPSA) is 99.3 Å². The number of nitrogens with one attached hydrogen (secondary N) is 1. The number of nitrogens with zero attached hydrogens (tertiary/aromatic N) is 3. The van der Waals surface area contributed by atoms with Crippen molar-refractivity contribution in [3.8, 4) is 0 Å². The lowest BCUT2D eigenvalue weighted by Gasteiger charge is -2.29. The van der Waals surface area contributed by atoms with E-state index in [1.54, 1.807) is 24.3 Å². The number of anilines is 3. The van der Waals surface area contributed by atoms with Crippen molar-refractivity contribution >= 4 is 49.7 Å². The van der Waals surface area contributed by atoms with Crippen LogP contribution < -0.4 is 14.5 Å². The molecule has 0 saturated carbocycles. The standard InChI is InChI=1S/C25H26N4O5S/c1-27(16-23(30)26-19-8-10-20(11-9-19)28-12-14-34-15-13-28)24(31)17-29-21-6-2-4-18-5-3-7-22(25(18)21)35(29,32)33/h2-11H,12-17H2,1H3,(H,26,30). The zero-order chi connectivity index (χ0) is 24.6. The summed E-state index contributed by atoms with van der Waals surface area (Å²) in [5.41, 5.74) is 2.16. The lowest BCUT2D eigenvalue weighted by Crippen LogP contribution is -2.42. The second kappa shape index (κ2) is 9.20. The molecule has 0 bridgehead atoms. The number of morpholine rings is 1. The van der Waals surface area contributed by atoms with Crippen LogP contribution in [0.4, 0.5) is 17.1 Å². The molecule has 9 nitrogen and oxygen atoms in total. The van der Waals surface area contributed by atoms with Crippen LogP contribution in [0.5, 0.6) is 0 Å². The number of benzene rings is 3. The van der Waals surface area contributed by atoms with Crippen LogP contribution in [-0.4, -0.2) is 71.6 Å². The molecule has 0 unspecified atom stereocenters. The van der Waals surface area contributed by atoms with E-state index in [4.69, 9.17) is 4.74 Å². The van der Waals surface area contributed by atoms with Crippen molar-refractivity contribution in [1.29, 1.82) is 0 Å². The van der Waals surface area contributed by atoms with E-state index in [0.29, 0.717) is 30.0 Å². The highest BCUT2D eigenvalue weighted by molar-refractivity contribution is 7.93. The number of sulfonamides is 1. The van der Waals surface area contributed by atoms with Crippen LogP contribution in [0.2, 0.25) is 0 Å². The van der Waals surface area contributed by atoms with Crippen molar-refractivity contribution in [2.24, 2.45) is 0 Å². The Balaban J connectivity index is 1.21. The molecule has 5 rings (SSSR count). The minimum atomic E-state index is -3.84. The number of carbonyl (C=O) groups excluding carboxylic acids is 2. The summed E-state index contributed by atoms with van der Waals surface area (Å²) in [6.45, 7) is 2.46. The molecule has 0 atom stereocenters. The Hall–Kier alpha value is -3.63. The molecule has 0 aliphatic carbocycles. The van der Waals surface area contributed by atoms with Crippen molar-refractivity contribution < 1.29 is 22.7 Å². The van der Waals surface area contributed by atoms with Gasteiger partial charge in [-0.1, -0.05) is 24.3 Å². The Bertz CT molecular complexity index is 1380. The summed E-state index contributed by atoms with van der Waals surface area (Å²) in [4.78, 5) is 29.1. The number of amides is 2. The zero-order valence-corrected chi connectivity index (χ0v) is 20.1. The number of ether oxygens (including phenoxy) is 1. The molecule has 0 aromatic heterocycles. The van der Waals surface area contributed by atoms with E-state index in [2.05, 4.69) is 10.2 Å².